The highest BCUT2D eigenvalue weighted by molar-refractivity contribution is 5.84. The third kappa shape index (κ3) is 3.73. The summed E-state index contributed by atoms with van der Waals surface area (Å²) >= 11 is 0. The number of nitrogens with one attached hydrogen (secondary N) is 2. The van der Waals surface area contributed by atoms with Gasteiger partial charge in [0.15, 0.2) is 0 Å². The highest BCUT2D eigenvalue weighted by atomic mass is 16.2. The lowest BCUT2D eigenvalue weighted by molar-refractivity contribution is -0.119. The Kier molecular flexibility index (Phi) is 5.43. The standard InChI is InChI=1S/C19H26N6O3/c1-22(2)14-7-5-13(6-8-14)9-10-20-15(26)11-25-12-21-17-16(25)18(27)24(4)19(28)23(17)3/h5-8,21H,9-12H2,1-4H3,(H,20,26). The molecule has 9 heteroatoms. The number of fused-ring (bicyclic) bond motifs is 1. The molecule has 0 unspecified atom stereocenters. The van der Waals surface area contributed by atoms with Crippen molar-refractivity contribution in [1.29, 1.82) is 0 Å². The average molecular weight is 386 g/mol. The molecule has 0 saturated carbocycles. The molecule has 0 fully saturated rings. The van der Waals surface area contributed by atoms with E-state index in [1.54, 1.807) is 11.9 Å². The van der Waals surface area contributed by atoms with Crippen molar-refractivity contribution in [1.82, 2.24) is 14.5 Å². The van der Waals surface area contributed by atoms with Gasteiger partial charge in [-0.15, -0.1) is 0 Å². The van der Waals surface area contributed by atoms with Gasteiger partial charge in [0.25, 0.3) is 5.56 Å². The Balaban J connectivity index is 1.59. The minimum absolute atomic E-state index is 0.0486. The first-order valence-electron chi connectivity index (χ1n) is 9.11. The van der Waals surface area contributed by atoms with Crippen LogP contribution in [0.2, 0.25) is 0 Å². The lowest BCUT2D eigenvalue weighted by Gasteiger charge is -2.17. The number of amides is 1. The van der Waals surface area contributed by atoms with Crippen LogP contribution in [0.25, 0.3) is 0 Å². The van der Waals surface area contributed by atoms with Gasteiger partial charge in [-0.1, -0.05) is 12.1 Å². The monoisotopic (exact) mass is 386 g/mol. The number of hydrogen-bond donors (Lipinski definition) is 2. The van der Waals surface area contributed by atoms with Crippen molar-refractivity contribution >= 4 is 23.1 Å². The fourth-order valence-corrected chi connectivity index (χ4v) is 3.23. The number of nitrogens with zero attached hydrogens (tertiary/aromatic N) is 4. The van der Waals surface area contributed by atoms with Crippen LogP contribution in [0.3, 0.4) is 0 Å². The van der Waals surface area contributed by atoms with Gasteiger partial charge in [-0.2, -0.15) is 0 Å². The zero-order chi connectivity index (χ0) is 20.4. The zero-order valence-corrected chi connectivity index (χ0v) is 16.7. The smallest absolute Gasteiger partial charge is 0.332 e. The van der Waals surface area contributed by atoms with Gasteiger partial charge in [-0.05, 0) is 24.1 Å². The second-order valence-electron chi connectivity index (χ2n) is 7.10. The van der Waals surface area contributed by atoms with Crippen LogP contribution in [0, 0.1) is 0 Å². The van der Waals surface area contributed by atoms with Gasteiger partial charge in [0.05, 0.1) is 13.2 Å². The first kappa shape index (κ1) is 19.5. The Morgan fingerprint density at radius 2 is 1.82 bits per heavy atom. The third-order valence-corrected chi connectivity index (χ3v) is 4.92. The van der Waals surface area contributed by atoms with E-state index >= 15 is 0 Å². The van der Waals surface area contributed by atoms with Crippen LogP contribution < -0.4 is 31.7 Å². The molecule has 0 saturated heterocycles. The fourth-order valence-electron chi connectivity index (χ4n) is 3.23. The fraction of sp³-hybridized carbons (Fsp3) is 0.421. The van der Waals surface area contributed by atoms with E-state index in [-0.39, 0.29) is 12.5 Å². The molecule has 1 aromatic carbocycles. The van der Waals surface area contributed by atoms with E-state index in [0.717, 1.165) is 22.2 Å². The maximum Gasteiger partial charge on any atom is 0.332 e. The van der Waals surface area contributed by atoms with Gasteiger partial charge in [0, 0.05) is 40.4 Å². The summed E-state index contributed by atoms with van der Waals surface area (Å²) in [5, 5.41) is 5.91. The molecule has 9 nitrogen and oxygen atoms in total. The Morgan fingerprint density at radius 3 is 2.46 bits per heavy atom. The number of carbonyl (C=O) groups is 1. The van der Waals surface area contributed by atoms with Crippen molar-refractivity contribution in [2.75, 3.05) is 49.0 Å². The van der Waals surface area contributed by atoms with Gasteiger partial charge in [-0.25, -0.2) is 4.79 Å². The maximum absolute atomic E-state index is 12.4. The lowest BCUT2D eigenvalue weighted by atomic mass is 10.1. The number of aromatic nitrogens is 2. The average Bonchev–Trinajstić information content (AvgIpc) is 3.08. The van der Waals surface area contributed by atoms with E-state index in [4.69, 9.17) is 0 Å². The molecule has 1 aliphatic rings. The van der Waals surface area contributed by atoms with E-state index in [2.05, 4.69) is 10.6 Å². The Hall–Kier alpha value is -3.23. The molecule has 1 aromatic heterocycles. The van der Waals surface area contributed by atoms with Crippen LogP contribution in [0.5, 0.6) is 0 Å². The summed E-state index contributed by atoms with van der Waals surface area (Å²) in [5.41, 5.74) is 1.81. The third-order valence-electron chi connectivity index (χ3n) is 4.92. The van der Waals surface area contributed by atoms with Gasteiger partial charge in [-0.3, -0.25) is 18.7 Å². The molecular weight excluding hydrogens is 360 g/mol. The van der Waals surface area contributed by atoms with E-state index < -0.39 is 11.2 Å². The van der Waals surface area contributed by atoms with E-state index in [9.17, 15) is 14.4 Å². The quantitative estimate of drug-likeness (QED) is 0.708. The molecule has 0 atom stereocenters. The molecule has 1 amide bonds. The molecule has 2 heterocycles. The van der Waals surface area contributed by atoms with Crippen LogP contribution in [-0.4, -0.2) is 48.9 Å². The molecule has 28 heavy (non-hydrogen) atoms. The molecule has 150 valence electrons. The summed E-state index contributed by atoms with van der Waals surface area (Å²) < 4.78 is 2.43. The number of rotatable bonds is 6. The highest BCUT2D eigenvalue weighted by Crippen LogP contribution is 2.24. The number of benzene rings is 1. The van der Waals surface area contributed by atoms with Crippen molar-refractivity contribution in [3.8, 4) is 0 Å². The molecule has 0 bridgehead atoms. The summed E-state index contributed by atoms with van der Waals surface area (Å²) in [4.78, 5) is 40.4. The number of anilines is 3. The summed E-state index contributed by atoms with van der Waals surface area (Å²) in [6.45, 7) is 0.869. The minimum Gasteiger partial charge on any atom is -0.378 e. The van der Waals surface area contributed by atoms with Crippen molar-refractivity contribution in [3.05, 3.63) is 50.7 Å². The molecule has 0 aliphatic carbocycles. The van der Waals surface area contributed by atoms with Gasteiger partial charge >= 0.3 is 5.69 Å². The van der Waals surface area contributed by atoms with Crippen LogP contribution in [0.15, 0.2) is 33.9 Å². The topological polar surface area (TPSA) is 91.6 Å². The van der Waals surface area contributed by atoms with Crippen LogP contribution in [0.1, 0.15) is 5.56 Å². The summed E-state index contributed by atoms with van der Waals surface area (Å²) in [6, 6.07) is 8.19. The molecule has 0 spiro atoms. The molecular formula is C19H26N6O3. The first-order valence-corrected chi connectivity index (χ1v) is 9.11. The number of hydrogen-bond acceptors (Lipinski definition) is 6. The highest BCUT2D eigenvalue weighted by Gasteiger charge is 2.27. The second kappa shape index (κ2) is 7.79. The van der Waals surface area contributed by atoms with E-state index in [1.165, 1.54) is 11.6 Å². The lowest BCUT2D eigenvalue weighted by Crippen LogP contribution is -2.42. The largest absolute Gasteiger partial charge is 0.378 e. The predicted octanol–water partition coefficient (Wildman–Crippen LogP) is -0.302. The Morgan fingerprint density at radius 1 is 1.14 bits per heavy atom. The molecule has 2 aromatic rings. The van der Waals surface area contributed by atoms with E-state index in [1.807, 2.05) is 43.3 Å². The molecule has 3 rings (SSSR count). The van der Waals surface area contributed by atoms with Crippen molar-refractivity contribution in [3.63, 3.8) is 0 Å². The molecule has 0 radical (unpaired) electrons. The summed E-state index contributed by atoms with van der Waals surface area (Å²) in [7, 11) is 7.01. The van der Waals surface area contributed by atoms with Crippen LogP contribution in [0.4, 0.5) is 17.2 Å². The van der Waals surface area contributed by atoms with Crippen molar-refractivity contribution < 1.29 is 4.79 Å². The molecule has 2 N–H and O–H groups in total. The summed E-state index contributed by atoms with van der Waals surface area (Å²) in [5.74, 6) is 0.275. The second-order valence-corrected chi connectivity index (χ2v) is 7.10. The summed E-state index contributed by atoms with van der Waals surface area (Å²) in [6.07, 6.45) is 0.727. The van der Waals surface area contributed by atoms with E-state index in [0.29, 0.717) is 24.7 Å². The Bertz CT molecular complexity index is 990. The van der Waals surface area contributed by atoms with Crippen molar-refractivity contribution in [2.45, 2.75) is 6.42 Å². The Labute approximate surface area is 163 Å². The number of carbonyl (C=O) groups excluding carboxylic acids is 1. The predicted molar refractivity (Wildman–Crippen MR) is 110 cm³/mol. The normalized spacial score (nSPS) is 12.5. The maximum atomic E-state index is 12.4. The van der Waals surface area contributed by atoms with Crippen LogP contribution in [-0.2, 0) is 25.3 Å². The SMILES string of the molecule is CN(C)c1ccc(CCNC(=O)CN2CNc3c2c(=O)n(C)c(=O)n3C)cc1. The van der Waals surface area contributed by atoms with Crippen molar-refractivity contribution in [2.24, 2.45) is 14.1 Å². The van der Waals surface area contributed by atoms with Gasteiger partial charge < -0.3 is 20.4 Å². The van der Waals surface area contributed by atoms with Gasteiger partial charge in [0.1, 0.15) is 11.5 Å². The first-order chi connectivity index (χ1) is 13.3. The van der Waals surface area contributed by atoms with Gasteiger partial charge in [0.2, 0.25) is 5.91 Å². The molecule has 1 aliphatic heterocycles. The minimum atomic E-state index is -0.406. The van der Waals surface area contributed by atoms with Crippen LogP contribution >= 0.6 is 0 Å². The zero-order valence-electron chi connectivity index (χ0n) is 16.7.